The second-order valence-electron chi connectivity index (χ2n) is 7.28. The molecule has 3 N–H and O–H groups in total. The maximum absolute atomic E-state index is 13.2. The van der Waals surface area contributed by atoms with Crippen LogP contribution in [0.25, 0.3) is 0 Å². The Kier molecular flexibility index (Phi) is 6.39. The molecule has 3 amide bonds. The summed E-state index contributed by atoms with van der Waals surface area (Å²) in [5, 5.41) is 8.43. The molecule has 0 bridgehead atoms. The van der Waals surface area contributed by atoms with E-state index in [1.54, 1.807) is 19.1 Å². The highest BCUT2D eigenvalue weighted by molar-refractivity contribution is 6.06. The number of allylic oxidation sites excluding steroid dienone is 1. The fourth-order valence-corrected chi connectivity index (χ4v) is 3.53. The summed E-state index contributed by atoms with van der Waals surface area (Å²) in [5.74, 6) is 0.954. The molecular weight excluding hydrogens is 398 g/mol. The summed E-state index contributed by atoms with van der Waals surface area (Å²) >= 11 is 0. The number of ether oxygens (including phenoxy) is 3. The fourth-order valence-electron chi connectivity index (χ4n) is 3.53. The summed E-state index contributed by atoms with van der Waals surface area (Å²) in [6, 6.07) is 8.02. The highest BCUT2D eigenvalue weighted by Crippen LogP contribution is 2.41. The number of carbonyl (C=O) groups is 2. The zero-order valence-corrected chi connectivity index (χ0v) is 18.5. The van der Waals surface area contributed by atoms with Crippen molar-refractivity contribution < 1.29 is 23.8 Å². The quantitative estimate of drug-likeness (QED) is 0.657. The molecule has 164 valence electrons. The first-order valence-corrected chi connectivity index (χ1v) is 9.75. The molecule has 1 atom stereocenters. The van der Waals surface area contributed by atoms with E-state index in [9.17, 15) is 9.59 Å². The number of anilines is 1. The number of rotatable bonds is 6. The fraction of sp³-hybridized carbons (Fsp3) is 0.304. The van der Waals surface area contributed by atoms with Crippen LogP contribution in [0, 0.1) is 13.8 Å². The van der Waals surface area contributed by atoms with Crippen LogP contribution >= 0.6 is 0 Å². The summed E-state index contributed by atoms with van der Waals surface area (Å²) in [7, 11) is 4.53. The third kappa shape index (κ3) is 4.42. The number of carbonyl (C=O) groups excluding carboxylic acids is 2. The lowest BCUT2D eigenvalue weighted by Gasteiger charge is -2.29. The maximum atomic E-state index is 13.2. The average Bonchev–Trinajstić information content (AvgIpc) is 2.74. The Bertz CT molecular complexity index is 1040. The van der Waals surface area contributed by atoms with E-state index in [0.29, 0.717) is 39.8 Å². The zero-order chi connectivity index (χ0) is 22.7. The number of methoxy groups -OCH3 is 3. The molecule has 1 unspecified atom stereocenters. The Morgan fingerprint density at radius 2 is 1.58 bits per heavy atom. The molecule has 1 aliphatic rings. The zero-order valence-electron chi connectivity index (χ0n) is 18.5. The van der Waals surface area contributed by atoms with Gasteiger partial charge in [0.1, 0.15) is 0 Å². The molecule has 0 saturated carbocycles. The Morgan fingerprint density at radius 1 is 0.935 bits per heavy atom. The minimum Gasteiger partial charge on any atom is -0.493 e. The van der Waals surface area contributed by atoms with Gasteiger partial charge in [-0.05, 0) is 61.7 Å². The van der Waals surface area contributed by atoms with Gasteiger partial charge < -0.3 is 30.2 Å². The summed E-state index contributed by atoms with van der Waals surface area (Å²) < 4.78 is 16.2. The molecule has 0 spiro atoms. The number of nitrogens with one attached hydrogen (secondary N) is 3. The van der Waals surface area contributed by atoms with Gasteiger partial charge in [0.15, 0.2) is 11.5 Å². The van der Waals surface area contributed by atoms with Gasteiger partial charge in [-0.1, -0.05) is 6.07 Å². The van der Waals surface area contributed by atoms with Crippen LogP contribution in [0.15, 0.2) is 41.6 Å². The lowest BCUT2D eigenvalue weighted by molar-refractivity contribution is -0.113. The van der Waals surface area contributed by atoms with E-state index in [1.165, 1.54) is 21.3 Å². The Morgan fingerprint density at radius 3 is 2.13 bits per heavy atom. The summed E-state index contributed by atoms with van der Waals surface area (Å²) in [5.41, 5.74) is 4.34. The van der Waals surface area contributed by atoms with Crippen molar-refractivity contribution in [3.05, 3.63) is 58.3 Å². The second-order valence-corrected chi connectivity index (χ2v) is 7.28. The van der Waals surface area contributed by atoms with E-state index >= 15 is 0 Å². The Balaban J connectivity index is 2.04. The number of benzene rings is 2. The van der Waals surface area contributed by atoms with Gasteiger partial charge in [-0.3, -0.25) is 4.79 Å². The SMILES string of the molecule is COc1cc(C2NC(=O)NC(C)=C2C(=O)Nc2ccc(C)c(C)c2)cc(OC)c1OC. The number of urea groups is 1. The van der Waals surface area contributed by atoms with E-state index in [-0.39, 0.29) is 5.91 Å². The van der Waals surface area contributed by atoms with Crippen molar-refractivity contribution >= 4 is 17.6 Å². The molecule has 1 aliphatic heterocycles. The van der Waals surface area contributed by atoms with Gasteiger partial charge in [0.25, 0.3) is 5.91 Å². The van der Waals surface area contributed by atoms with Crippen LogP contribution < -0.4 is 30.2 Å². The van der Waals surface area contributed by atoms with Crippen LogP contribution in [-0.2, 0) is 4.79 Å². The monoisotopic (exact) mass is 425 g/mol. The first kappa shape index (κ1) is 22.0. The van der Waals surface area contributed by atoms with Crippen LogP contribution in [0.5, 0.6) is 17.2 Å². The highest BCUT2D eigenvalue weighted by Gasteiger charge is 2.32. The van der Waals surface area contributed by atoms with Gasteiger partial charge in [-0.15, -0.1) is 0 Å². The molecule has 0 aromatic heterocycles. The van der Waals surface area contributed by atoms with Crippen molar-refractivity contribution in [2.24, 2.45) is 0 Å². The Labute approximate surface area is 181 Å². The number of aryl methyl sites for hydroxylation is 2. The molecular formula is C23H27N3O5. The molecule has 2 aromatic carbocycles. The van der Waals surface area contributed by atoms with E-state index in [2.05, 4.69) is 16.0 Å². The van der Waals surface area contributed by atoms with Crippen molar-refractivity contribution in [1.82, 2.24) is 10.6 Å². The minimum absolute atomic E-state index is 0.327. The average molecular weight is 425 g/mol. The topological polar surface area (TPSA) is 97.9 Å². The van der Waals surface area contributed by atoms with Crippen LogP contribution in [-0.4, -0.2) is 33.3 Å². The number of hydrogen-bond donors (Lipinski definition) is 3. The second kappa shape index (κ2) is 8.99. The number of amides is 3. The highest BCUT2D eigenvalue weighted by atomic mass is 16.5. The van der Waals surface area contributed by atoms with Crippen molar-refractivity contribution in [3.8, 4) is 17.2 Å². The lowest BCUT2D eigenvalue weighted by atomic mass is 9.94. The summed E-state index contributed by atoms with van der Waals surface area (Å²) in [4.78, 5) is 25.5. The molecule has 8 heteroatoms. The molecule has 3 rings (SSSR count). The van der Waals surface area contributed by atoms with Crippen LogP contribution in [0.3, 0.4) is 0 Å². The van der Waals surface area contributed by atoms with E-state index in [0.717, 1.165) is 11.1 Å². The first-order chi connectivity index (χ1) is 14.8. The van der Waals surface area contributed by atoms with Crippen molar-refractivity contribution in [2.45, 2.75) is 26.8 Å². The molecule has 8 nitrogen and oxygen atoms in total. The maximum Gasteiger partial charge on any atom is 0.319 e. The lowest BCUT2D eigenvalue weighted by Crippen LogP contribution is -2.46. The van der Waals surface area contributed by atoms with Gasteiger partial charge in [0, 0.05) is 11.4 Å². The van der Waals surface area contributed by atoms with Crippen LogP contribution in [0.1, 0.15) is 29.7 Å². The standard InChI is InChI=1S/C23H27N3O5/c1-12-7-8-16(9-13(12)2)25-22(27)19-14(3)24-23(28)26-20(19)15-10-17(29-4)21(31-6)18(11-15)30-5/h7-11,20H,1-6H3,(H,25,27)(H2,24,26,28). The van der Waals surface area contributed by atoms with E-state index in [4.69, 9.17) is 14.2 Å². The number of hydrogen-bond acceptors (Lipinski definition) is 5. The predicted octanol–water partition coefficient (Wildman–Crippen LogP) is 3.60. The molecule has 31 heavy (non-hydrogen) atoms. The predicted molar refractivity (Wildman–Crippen MR) is 118 cm³/mol. The smallest absolute Gasteiger partial charge is 0.319 e. The minimum atomic E-state index is -0.714. The van der Waals surface area contributed by atoms with Gasteiger partial charge in [-0.25, -0.2) is 4.79 Å². The molecule has 0 aliphatic carbocycles. The molecule has 0 radical (unpaired) electrons. The molecule has 0 saturated heterocycles. The van der Waals surface area contributed by atoms with E-state index in [1.807, 2.05) is 32.0 Å². The Hall–Kier alpha value is -3.68. The largest absolute Gasteiger partial charge is 0.493 e. The third-order valence-electron chi connectivity index (χ3n) is 5.30. The molecule has 1 heterocycles. The first-order valence-electron chi connectivity index (χ1n) is 9.75. The molecule has 0 fully saturated rings. The van der Waals surface area contributed by atoms with Gasteiger partial charge in [0.05, 0.1) is 32.9 Å². The summed E-state index contributed by atoms with van der Waals surface area (Å²) in [6.45, 7) is 5.68. The van der Waals surface area contributed by atoms with Crippen molar-refractivity contribution in [2.75, 3.05) is 26.6 Å². The van der Waals surface area contributed by atoms with Crippen molar-refractivity contribution in [1.29, 1.82) is 0 Å². The third-order valence-corrected chi connectivity index (χ3v) is 5.30. The van der Waals surface area contributed by atoms with E-state index < -0.39 is 12.1 Å². The summed E-state index contributed by atoms with van der Waals surface area (Å²) in [6.07, 6.45) is 0. The van der Waals surface area contributed by atoms with Gasteiger partial charge in [0.2, 0.25) is 5.75 Å². The normalized spacial score (nSPS) is 15.7. The van der Waals surface area contributed by atoms with Gasteiger partial charge in [-0.2, -0.15) is 0 Å². The van der Waals surface area contributed by atoms with Crippen LogP contribution in [0.2, 0.25) is 0 Å². The van der Waals surface area contributed by atoms with Crippen LogP contribution in [0.4, 0.5) is 10.5 Å². The van der Waals surface area contributed by atoms with Crippen molar-refractivity contribution in [3.63, 3.8) is 0 Å². The van der Waals surface area contributed by atoms with Gasteiger partial charge >= 0.3 is 6.03 Å². The molecule has 2 aromatic rings.